The quantitative estimate of drug-likeness (QED) is 0.0345. The van der Waals surface area contributed by atoms with Crippen LogP contribution in [0.4, 0.5) is 0 Å². The molecule has 59 heavy (non-hydrogen) atoms. The summed E-state index contributed by atoms with van der Waals surface area (Å²) in [6.45, 7) is 11.4. The molecule has 0 fully saturated rings. The van der Waals surface area contributed by atoms with Crippen LogP contribution >= 0.6 is 0 Å². The van der Waals surface area contributed by atoms with Gasteiger partial charge in [-0.05, 0) is 31.1 Å². The molecule has 0 aromatic carbocycles. The molecule has 0 aliphatic heterocycles. The minimum atomic E-state index is -0.762. The Labute approximate surface area is 368 Å². The maximum absolute atomic E-state index is 12.8. The van der Waals surface area contributed by atoms with E-state index in [1.807, 2.05) is 0 Å². The molecule has 1 unspecified atom stereocenters. The predicted molar refractivity (Wildman–Crippen MR) is 252 cm³/mol. The van der Waals surface area contributed by atoms with Gasteiger partial charge in [0.05, 0.1) is 0 Å². The summed E-state index contributed by atoms with van der Waals surface area (Å²) >= 11 is 0. The first-order valence-electron chi connectivity index (χ1n) is 26.3. The van der Waals surface area contributed by atoms with Gasteiger partial charge in [-0.2, -0.15) is 0 Å². The Hall–Kier alpha value is -1.59. The van der Waals surface area contributed by atoms with Crippen LogP contribution in [0, 0.1) is 11.8 Å². The van der Waals surface area contributed by atoms with Gasteiger partial charge in [-0.25, -0.2) is 0 Å². The molecule has 0 aliphatic rings. The summed E-state index contributed by atoms with van der Waals surface area (Å²) in [5, 5.41) is 0. The van der Waals surface area contributed by atoms with Crippen LogP contribution in [0.3, 0.4) is 0 Å². The van der Waals surface area contributed by atoms with E-state index < -0.39 is 6.10 Å². The third kappa shape index (κ3) is 45.8. The molecule has 0 saturated carbocycles. The summed E-state index contributed by atoms with van der Waals surface area (Å²) in [6, 6.07) is 0. The van der Waals surface area contributed by atoms with E-state index in [1.165, 1.54) is 180 Å². The van der Waals surface area contributed by atoms with Crippen molar-refractivity contribution in [3.8, 4) is 0 Å². The average molecular weight is 835 g/mol. The Balaban J connectivity index is 4.32. The summed E-state index contributed by atoms with van der Waals surface area (Å²) in [5.74, 6) is 0.826. The molecule has 0 aromatic rings. The van der Waals surface area contributed by atoms with Gasteiger partial charge in [0.1, 0.15) is 13.2 Å². The molecule has 0 saturated heterocycles. The lowest BCUT2D eigenvalue weighted by atomic mass is 9.99. The van der Waals surface area contributed by atoms with Crippen LogP contribution in [0.2, 0.25) is 0 Å². The van der Waals surface area contributed by atoms with Crippen LogP contribution in [0.1, 0.15) is 291 Å². The fourth-order valence-corrected chi connectivity index (χ4v) is 7.96. The van der Waals surface area contributed by atoms with Gasteiger partial charge in [0.25, 0.3) is 0 Å². The lowest BCUT2D eigenvalue weighted by Crippen LogP contribution is -2.30. The van der Waals surface area contributed by atoms with Crippen molar-refractivity contribution in [2.24, 2.45) is 11.8 Å². The number of rotatable bonds is 47. The second-order valence-corrected chi connectivity index (χ2v) is 18.9. The van der Waals surface area contributed by atoms with E-state index in [4.69, 9.17) is 14.2 Å². The molecule has 0 heterocycles. The van der Waals surface area contributed by atoms with Gasteiger partial charge in [0.15, 0.2) is 6.10 Å². The molecule has 0 aliphatic carbocycles. The molecular formula is C53H102O6. The molecule has 6 nitrogen and oxygen atoms in total. The maximum Gasteiger partial charge on any atom is 0.306 e. The van der Waals surface area contributed by atoms with Crippen molar-refractivity contribution < 1.29 is 28.6 Å². The van der Waals surface area contributed by atoms with Crippen molar-refractivity contribution in [3.63, 3.8) is 0 Å². The highest BCUT2D eigenvalue weighted by Crippen LogP contribution is 2.18. The normalized spacial score (nSPS) is 12.5. The minimum absolute atomic E-state index is 0.0640. The SMILES string of the molecule is CCCCCCCCCCCCCCCCCC(=O)O[C@@H](COC(=O)CCCCCCCCCCCCCC(C)C)COC(=O)CCCCCCCCCCC(C)CC. The van der Waals surface area contributed by atoms with Crippen LogP contribution < -0.4 is 0 Å². The molecule has 2 atom stereocenters. The Morgan fingerprint density at radius 2 is 0.644 bits per heavy atom. The maximum atomic E-state index is 12.8. The molecule has 0 rings (SSSR count). The van der Waals surface area contributed by atoms with Gasteiger partial charge >= 0.3 is 17.9 Å². The monoisotopic (exact) mass is 835 g/mol. The summed E-state index contributed by atoms with van der Waals surface area (Å²) in [7, 11) is 0. The Morgan fingerprint density at radius 1 is 0.356 bits per heavy atom. The zero-order valence-corrected chi connectivity index (χ0v) is 40.4. The van der Waals surface area contributed by atoms with E-state index in [9.17, 15) is 14.4 Å². The lowest BCUT2D eigenvalue weighted by Gasteiger charge is -2.18. The summed E-state index contributed by atoms with van der Waals surface area (Å²) in [6.07, 6.45) is 46.5. The van der Waals surface area contributed by atoms with Crippen LogP contribution in [-0.2, 0) is 28.6 Å². The number of hydrogen-bond acceptors (Lipinski definition) is 6. The van der Waals surface area contributed by atoms with Gasteiger partial charge in [0.2, 0.25) is 0 Å². The predicted octanol–water partition coefficient (Wildman–Crippen LogP) is 16.9. The molecule has 350 valence electrons. The van der Waals surface area contributed by atoms with Gasteiger partial charge < -0.3 is 14.2 Å². The molecule has 0 amide bonds. The van der Waals surface area contributed by atoms with Crippen molar-refractivity contribution in [2.75, 3.05) is 13.2 Å². The Bertz CT molecular complexity index is 902. The summed E-state index contributed by atoms with van der Waals surface area (Å²) in [5.41, 5.74) is 0. The second-order valence-electron chi connectivity index (χ2n) is 18.9. The van der Waals surface area contributed by atoms with Crippen molar-refractivity contribution in [1.82, 2.24) is 0 Å². The van der Waals surface area contributed by atoms with E-state index in [2.05, 4.69) is 34.6 Å². The number of carbonyl (C=O) groups excluding carboxylic acids is 3. The minimum Gasteiger partial charge on any atom is -0.462 e. The number of unbranched alkanes of at least 4 members (excludes halogenated alkanes) is 31. The molecule has 0 spiro atoms. The van der Waals surface area contributed by atoms with Gasteiger partial charge in [-0.1, -0.05) is 253 Å². The number of hydrogen-bond donors (Lipinski definition) is 0. The van der Waals surface area contributed by atoms with Gasteiger partial charge in [-0.15, -0.1) is 0 Å². The van der Waals surface area contributed by atoms with Gasteiger partial charge in [-0.3, -0.25) is 14.4 Å². The highest BCUT2D eigenvalue weighted by molar-refractivity contribution is 5.71. The van der Waals surface area contributed by atoms with Gasteiger partial charge in [0, 0.05) is 19.3 Å². The lowest BCUT2D eigenvalue weighted by molar-refractivity contribution is -0.167. The summed E-state index contributed by atoms with van der Waals surface area (Å²) < 4.78 is 16.8. The van der Waals surface area contributed by atoms with Crippen LogP contribution in [0.25, 0.3) is 0 Å². The van der Waals surface area contributed by atoms with E-state index in [1.54, 1.807) is 0 Å². The molecule has 6 heteroatoms. The fraction of sp³-hybridized carbons (Fsp3) is 0.943. The van der Waals surface area contributed by atoms with Crippen LogP contribution in [0.5, 0.6) is 0 Å². The molecular weight excluding hydrogens is 733 g/mol. The number of ether oxygens (including phenoxy) is 3. The number of esters is 3. The van der Waals surface area contributed by atoms with Crippen molar-refractivity contribution in [1.29, 1.82) is 0 Å². The molecule has 0 bridgehead atoms. The Kier molecular flexibility index (Phi) is 44.7. The van der Waals surface area contributed by atoms with E-state index >= 15 is 0 Å². The fourth-order valence-electron chi connectivity index (χ4n) is 7.96. The number of carbonyl (C=O) groups is 3. The first-order valence-corrected chi connectivity index (χ1v) is 26.3. The molecule has 0 aromatic heterocycles. The summed E-state index contributed by atoms with van der Waals surface area (Å²) in [4.78, 5) is 38.0. The van der Waals surface area contributed by atoms with Crippen LogP contribution in [0.15, 0.2) is 0 Å². The van der Waals surface area contributed by atoms with E-state index in [0.717, 1.165) is 69.6 Å². The third-order valence-corrected chi connectivity index (χ3v) is 12.3. The van der Waals surface area contributed by atoms with Crippen LogP contribution in [-0.4, -0.2) is 37.2 Å². The van der Waals surface area contributed by atoms with Crippen molar-refractivity contribution in [3.05, 3.63) is 0 Å². The molecule has 0 radical (unpaired) electrons. The van der Waals surface area contributed by atoms with E-state index in [0.29, 0.717) is 19.3 Å². The highest BCUT2D eigenvalue weighted by Gasteiger charge is 2.19. The highest BCUT2D eigenvalue weighted by atomic mass is 16.6. The smallest absolute Gasteiger partial charge is 0.306 e. The average Bonchev–Trinajstić information content (AvgIpc) is 3.22. The Morgan fingerprint density at radius 3 is 0.966 bits per heavy atom. The standard InChI is InChI=1S/C53H102O6/c1-6-8-9-10-11-12-13-14-15-16-19-23-30-35-40-45-53(56)59-50(47-58-52(55)44-39-34-29-25-24-27-32-37-42-49(5)7-2)46-57-51(54)43-38-33-28-22-20-17-18-21-26-31-36-41-48(3)4/h48-50H,6-47H2,1-5H3/t49?,50-/m0/s1. The second kappa shape index (κ2) is 45.9. The van der Waals surface area contributed by atoms with Crippen molar-refractivity contribution in [2.45, 2.75) is 298 Å². The largest absolute Gasteiger partial charge is 0.462 e. The first kappa shape index (κ1) is 57.4. The topological polar surface area (TPSA) is 78.9 Å². The van der Waals surface area contributed by atoms with Crippen molar-refractivity contribution >= 4 is 17.9 Å². The zero-order valence-electron chi connectivity index (χ0n) is 40.4. The first-order chi connectivity index (χ1) is 28.8. The van der Waals surface area contributed by atoms with E-state index in [-0.39, 0.29) is 31.1 Å². The zero-order chi connectivity index (χ0) is 43.3. The molecule has 0 N–H and O–H groups in total. The third-order valence-electron chi connectivity index (χ3n) is 12.3.